The quantitative estimate of drug-likeness (QED) is 0.344. The first-order chi connectivity index (χ1) is 9.29. The van der Waals surface area contributed by atoms with Crippen molar-refractivity contribution in [2.75, 3.05) is 52.4 Å². The molecule has 2 amide bonds. The SMILES string of the molecule is O=C1CNCC(=O)NCCCNCCNCCCN1. The van der Waals surface area contributed by atoms with E-state index in [1.54, 1.807) is 0 Å². The minimum atomic E-state index is -0.0706. The van der Waals surface area contributed by atoms with E-state index in [2.05, 4.69) is 26.6 Å². The zero-order valence-corrected chi connectivity index (χ0v) is 11.4. The van der Waals surface area contributed by atoms with Crippen LogP contribution in [0.15, 0.2) is 0 Å². The summed E-state index contributed by atoms with van der Waals surface area (Å²) in [5, 5.41) is 15.0. The average Bonchev–Trinajstić information content (AvgIpc) is 2.39. The average molecular weight is 271 g/mol. The van der Waals surface area contributed by atoms with Crippen LogP contribution in [-0.2, 0) is 9.59 Å². The molecule has 1 saturated heterocycles. The molecular weight excluding hydrogens is 246 g/mol. The van der Waals surface area contributed by atoms with Gasteiger partial charge >= 0.3 is 0 Å². The van der Waals surface area contributed by atoms with Gasteiger partial charge in [-0.25, -0.2) is 0 Å². The molecule has 110 valence electrons. The van der Waals surface area contributed by atoms with Crippen molar-refractivity contribution < 1.29 is 9.59 Å². The number of carbonyl (C=O) groups excluding carboxylic acids is 2. The third-order valence-corrected chi connectivity index (χ3v) is 2.75. The third-order valence-electron chi connectivity index (χ3n) is 2.75. The van der Waals surface area contributed by atoms with Crippen LogP contribution >= 0.6 is 0 Å². The Hall–Kier alpha value is -1.18. The zero-order chi connectivity index (χ0) is 13.8. The summed E-state index contributed by atoms with van der Waals surface area (Å²) in [6.07, 6.45) is 1.82. The standard InChI is InChI=1S/C12H25N5O2/c18-11-9-15-10-12(19)17-6-2-4-14-8-7-13-3-1-5-16-11/h13-15H,1-10H2,(H,16,18)(H,17,19). The molecule has 0 spiro atoms. The van der Waals surface area contributed by atoms with Crippen LogP contribution in [0.5, 0.6) is 0 Å². The van der Waals surface area contributed by atoms with E-state index in [9.17, 15) is 9.59 Å². The Morgan fingerprint density at radius 3 is 1.53 bits per heavy atom. The van der Waals surface area contributed by atoms with Crippen molar-refractivity contribution in [3.05, 3.63) is 0 Å². The Labute approximate surface area is 114 Å². The molecule has 7 nitrogen and oxygen atoms in total. The first-order valence-electron chi connectivity index (χ1n) is 6.94. The molecule has 5 N–H and O–H groups in total. The van der Waals surface area contributed by atoms with E-state index in [1.807, 2.05) is 0 Å². The maximum atomic E-state index is 11.4. The van der Waals surface area contributed by atoms with Gasteiger partial charge in [-0.05, 0) is 25.9 Å². The fourth-order valence-electron chi connectivity index (χ4n) is 1.72. The smallest absolute Gasteiger partial charge is 0.233 e. The Bertz CT molecular complexity index is 247. The molecular formula is C12H25N5O2. The van der Waals surface area contributed by atoms with Gasteiger partial charge in [-0.1, -0.05) is 0 Å². The van der Waals surface area contributed by atoms with Crippen molar-refractivity contribution in [2.24, 2.45) is 0 Å². The minimum Gasteiger partial charge on any atom is -0.355 e. The molecule has 0 radical (unpaired) electrons. The molecule has 0 aromatic heterocycles. The van der Waals surface area contributed by atoms with E-state index in [4.69, 9.17) is 0 Å². The summed E-state index contributed by atoms with van der Waals surface area (Å²) in [5.41, 5.74) is 0. The van der Waals surface area contributed by atoms with E-state index >= 15 is 0 Å². The van der Waals surface area contributed by atoms with Gasteiger partial charge in [0.2, 0.25) is 11.8 Å². The molecule has 0 aromatic rings. The van der Waals surface area contributed by atoms with Gasteiger partial charge in [0.25, 0.3) is 0 Å². The van der Waals surface area contributed by atoms with E-state index in [-0.39, 0.29) is 24.9 Å². The maximum Gasteiger partial charge on any atom is 0.233 e. The number of carbonyl (C=O) groups is 2. The molecule has 19 heavy (non-hydrogen) atoms. The lowest BCUT2D eigenvalue weighted by atomic mass is 10.4. The van der Waals surface area contributed by atoms with E-state index in [0.29, 0.717) is 13.1 Å². The van der Waals surface area contributed by atoms with Gasteiger partial charge in [0.15, 0.2) is 0 Å². The molecule has 7 heteroatoms. The minimum absolute atomic E-state index is 0.0706. The van der Waals surface area contributed by atoms with Gasteiger partial charge in [-0.15, -0.1) is 0 Å². The van der Waals surface area contributed by atoms with Crippen LogP contribution in [0.25, 0.3) is 0 Å². The molecule has 0 aliphatic carbocycles. The molecule has 0 aromatic carbocycles. The summed E-state index contributed by atoms with van der Waals surface area (Å²) in [6.45, 7) is 5.32. The Kier molecular flexibility index (Phi) is 8.95. The number of nitrogens with one attached hydrogen (secondary N) is 5. The highest BCUT2D eigenvalue weighted by molar-refractivity contribution is 5.81. The topological polar surface area (TPSA) is 94.3 Å². The van der Waals surface area contributed by atoms with Crippen LogP contribution in [0, 0.1) is 0 Å². The Balaban J connectivity index is 2.22. The van der Waals surface area contributed by atoms with Gasteiger partial charge in [0.05, 0.1) is 13.1 Å². The number of hydrogen-bond acceptors (Lipinski definition) is 5. The molecule has 0 saturated carbocycles. The molecule has 1 fully saturated rings. The van der Waals surface area contributed by atoms with Crippen molar-refractivity contribution >= 4 is 11.8 Å². The van der Waals surface area contributed by atoms with Gasteiger partial charge < -0.3 is 21.3 Å². The van der Waals surface area contributed by atoms with Gasteiger partial charge in [-0.2, -0.15) is 0 Å². The fourth-order valence-corrected chi connectivity index (χ4v) is 1.72. The normalized spacial score (nSPS) is 22.1. The van der Waals surface area contributed by atoms with Crippen molar-refractivity contribution in [1.82, 2.24) is 26.6 Å². The summed E-state index contributed by atoms with van der Waals surface area (Å²) in [5.74, 6) is -0.141. The largest absolute Gasteiger partial charge is 0.355 e. The van der Waals surface area contributed by atoms with Crippen LogP contribution in [-0.4, -0.2) is 64.2 Å². The fraction of sp³-hybridized carbons (Fsp3) is 0.833. The summed E-state index contributed by atoms with van der Waals surface area (Å²) in [4.78, 5) is 22.8. The van der Waals surface area contributed by atoms with Crippen molar-refractivity contribution in [3.8, 4) is 0 Å². The summed E-state index contributed by atoms with van der Waals surface area (Å²) in [7, 11) is 0. The molecule has 0 atom stereocenters. The Morgan fingerprint density at radius 1 is 0.579 bits per heavy atom. The van der Waals surface area contributed by atoms with Gasteiger partial charge in [-0.3, -0.25) is 14.9 Å². The van der Waals surface area contributed by atoms with Gasteiger partial charge in [0.1, 0.15) is 0 Å². The lowest BCUT2D eigenvalue weighted by molar-refractivity contribution is -0.121. The van der Waals surface area contributed by atoms with Crippen LogP contribution in [0.4, 0.5) is 0 Å². The van der Waals surface area contributed by atoms with Crippen LogP contribution in [0.2, 0.25) is 0 Å². The van der Waals surface area contributed by atoms with Gasteiger partial charge in [0, 0.05) is 26.2 Å². The summed E-state index contributed by atoms with van der Waals surface area (Å²) < 4.78 is 0. The second kappa shape index (κ2) is 10.7. The number of rotatable bonds is 0. The summed E-state index contributed by atoms with van der Waals surface area (Å²) in [6, 6.07) is 0. The first kappa shape index (κ1) is 15.9. The summed E-state index contributed by atoms with van der Waals surface area (Å²) >= 11 is 0. The highest BCUT2D eigenvalue weighted by atomic mass is 16.2. The van der Waals surface area contributed by atoms with Crippen molar-refractivity contribution in [1.29, 1.82) is 0 Å². The maximum absolute atomic E-state index is 11.4. The van der Waals surface area contributed by atoms with Crippen molar-refractivity contribution in [2.45, 2.75) is 12.8 Å². The Morgan fingerprint density at radius 2 is 1.05 bits per heavy atom. The van der Waals surface area contributed by atoms with E-state index in [0.717, 1.165) is 39.0 Å². The first-order valence-corrected chi connectivity index (χ1v) is 6.94. The van der Waals surface area contributed by atoms with Crippen LogP contribution < -0.4 is 26.6 Å². The second-order valence-corrected chi connectivity index (χ2v) is 4.51. The zero-order valence-electron chi connectivity index (χ0n) is 11.4. The van der Waals surface area contributed by atoms with Crippen LogP contribution in [0.3, 0.4) is 0 Å². The lowest BCUT2D eigenvalue weighted by Crippen LogP contribution is -2.40. The number of hydrogen-bond donors (Lipinski definition) is 5. The highest BCUT2D eigenvalue weighted by Gasteiger charge is 2.03. The lowest BCUT2D eigenvalue weighted by Gasteiger charge is -2.07. The highest BCUT2D eigenvalue weighted by Crippen LogP contribution is 1.77. The van der Waals surface area contributed by atoms with E-state index in [1.165, 1.54) is 0 Å². The monoisotopic (exact) mass is 271 g/mol. The third kappa shape index (κ3) is 9.40. The molecule has 0 bridgehead atoms. The molecule has 1 rings (SSSR count). The molecule has 1 aliphatic heterocycles. The predicted molar refractivity (Wildman–Crippen MR) is 73.9 cm³/mol. The second-order valence-electron chi connectivity index (χ2n) is 4.51. The van der Waals surface area contributed by atoms with Crippen LogP contribution in [0.1, 0.15) is 12.8 Å². The number of amides is 2. The van der Waals surface area contributed by atoms with Crippen molar-refractivity contribution in [3.63, 3.8) is 0 Å². The predicted octanol–water partition coefficient (Wildman–Crippen LogP) is -2.22. The molecule has 1 heterocycles. The molecule has 1 aliphatic rings. The van der Waals surface area contributed by atoms with E-state index < -0.39 is 0 Å². The molecule has 0 unspecified atom stereocenters.